The van der Waals surface area contributed by atoms with Crippen LogP contribution in [0.1, 0.15) is 20.8 Å². The molecule has 2 amide bonds. The third kappa shape index (κ3) is 6.00. The van der Waals surface area contributed by atoms with Crippen LogP contribution in [-0.4, -0.2) is 72.7 Å². The summed E-state index contributed by atoms with van der Waals surface area (Å²) in [5, 5.41) is 5.96. The van der Waals surface area contributed by atoms with E-state index in [1.54, 1.807) is 11.8 Å². The number of para-hydroxylation sites is 1. The summed E-state index contributed by atoms with van der Waals surface area (Å²) in [5.74, 6) is 0.0745. The summed E-state index contributed by atoms with van der Waals surface area (Å²) in [6.07, 6.45) is 2.00. The Morgan fingerprint density at radius 3 is 2.38 bits per heavy atom. The van der Waals surface area contributed by atoms with Crippen LogP contribution in [0.2, 0.25) is 0 Å². The molecule has 0 aliphatic carbocycles. The van der Waals surface area contributed by atoms with E-state index in [2.05, 4.69) is 20.4 Å². The smallest absolute Gasteiger partial charge is 0.241 e. The van der Waals surface area contributed by atoms with Crippen LogP contribution in [0, 0.1) is 0 Å². The Bertz CT molecular complexity index is 615. The Labute approximate surface area is 160 Å². The van der Waals surface area contributed by atoms with E-state index in [9.17, 15) is 9.59 Å². The second kappa shape index (κ2) is 9.94. The molecule has 1 fully saturated rings. The third-order valence-corrected chi connectivity index (χ3v) is 5.31. The molecule has 1 atom stereocenters. The van der Waals surface area contributed by atoms with Crippen molar-refractivity contribution in [3.8, 4) is 0 Å². The van der Waals surface area contributed by atoms with Gasteiger partial charge in [0.1, 0.15) is 0 Å². The Morgan fingerprint density at radius 1 is 1.12 bits per heavy atom. The van der Waals surface area contributed by atoms with Crippen molar-refractivity contribution in [2.24, 2.45) is 0 Å². The second-order valence-corrected chi connectivity index (χ2v) is 7.75. The molecule has 1 aromatic carbocycles. The van der Waals surface area contributed by atoms with Crippen molar-refractivity contribution in [1.82, 2.24) is 15.1 Å². The second-order valence-electron chi connectivity index (χ2n) is 6.90. The van der Waals surface area contributed by atoms with E-state index >= 15 is 0 Å². The number of hydrogen-bond acceptors (Lipinski definition) is 5. The van der Waals surface area contributed by atoms with Gasteiger partial charge < -0.3 is 10.6 Å². The summed E-state index contributed by atoms with van der Waals surface area (Å²) in [7, 11) is 0. The van der Waals surface area contributed by atoms with Crippen LogP contribution < -0.4 is 10.6 Å². The van der Waals surface area contributed by atoms with E-state index < -0.39 is 0 Å². The summed E-state index contributed by atoms with van der Waals surface area (Å²) in [5.41, 5.74) is 0.862. The average molecular weight is 379 g/mol. The van der Waals surface area contributed by atoms with Crippen molar-refractivity contribution in [2.75, 3.05) is 44.3 Å². The van der Waals surface area contributed by atoms with Crippen molar-refractivity contribution in [3.05, 3.63) is 24.3 Å². The number of benzene rings is 1. The molecule has 1 aromatic rings. The standard InChI is InChI=1S/C19H30N4O2S/c1-14(2)20-18(24)13-22-9-11-23(12-10-22)15(3)19(25)21-16-7-5-6-8-17(16)26-4/h5-8,14-15H,9-13H2,1-4H3,(H,20,24)(H,21,25)/t15-/m1/s1. The van der Waals surface area contributed by atoms with Gasteiger partial charge in [-0.25, -0.2) is 0 Å². The number of hydrogen-bond donors (Lipinski definition) is 2. The first kappa shape index (κ1) is 20.7. The lowest BCUT2D eigenvalue weighted by atomic mass is 10.2. The Morgan fingerprint density at radius 2 is 1.77 bits per heavy atom. The van der Waals surface area contributed by atoms with Crippen LogP contribution in [-0.2, 0) is 9.59 Å². The van der Waals surface area contributed by atoms with Gasteiger partial charge in [0.15, 0.2) is 0 Å². The normalized spacial score (nSPS) is 17.1. The summed E-state index contributed by atoms with van der Waals surface area (Å²) >= 11 is 1.62. The summed E-state index contributed by atoms with van der Waals surface area (Å²) in [6, 6.07) is 7.81. The molecule has 0 aromatic heterocycles. The number of anilines is 1. The molecule has 0 bridgehead atoms. The molecule has 0 unspecified atom stereocenters. The van der Waals surface area contributed by atoms with Gasteiger partial charge in [-0.15, -0.1) is 11.8 Å². The number of amides is 2. The van der Waals surface area contributed by atoms with Gasteiger partial charge in [-0.2, -0.15) is 0 Å². The molecular formula is C19H30N4O2S. The molecule has 7 heteroatoms. The fraction of sp³-hybridized carbons (Fsp3) is 0.579. The number of nitrogens with one attached hydrogen (secondary N) is 2. The molecule has 2 N–H and O–H groups in total. The predicted octanol–water partition coefficient (Wildman–Crippen LogP) is 1.88. The van der Waals surface area contributed by atoms with Crippen molar-refractivity contribution >= 4 is 29.3 Å². The van der Waals surface area contributed by atoms with Crippen LogP contribution >= 0.6 is 11.8 Å². The number of nitrogens with zero attached hydrogens (tertiary/aromatic N) is 2. The zero-order chi connectivity index (χ0) is 19.1. The number of thioether (sulfide) groups is 1. The molecule has 2 rings (SSSR count). The van der Waals surface area contributed by atoms with Crippen LogP contribution in [0.15, 0.2) is 29.2 Å². The lowest BCUT2D eigenvalue weighted by Gasteiger charge is -2.37. The molecule has 144 valence electrons. The van der Waals surface area contributed by atoms with Gasteiger partial charge in [0, 0.05) is 37.1 Å². The summed E-state index contributed by atoms with van der Waals surface area (Å²) in [4.78, 5) is 29.9. The number of carbonyl (C=O) groups excluding carboxylic acids is 2. The highest BCUT2D eigenvalue weighted by Crippen LogP contribution is 2.25. The zero-order valence-corrected chi connectivity index (χ0v) is 16.9. The van der Waals surface area contributed by atoms with Gasteiger partial charge in [-0.1, -0.05) is 12.1 Å². The lowest BCUT2D eigenvalue weighted by molar-refractivity contribution is -0.125. The monoisotopic (exact) mass is 378 g/mol. The lowest BCUT2D eigenvalue weighted by Crippen LogP contribution is -2.54. The molecule has 1 aliphatic heterocycles. The predicted molar refractivity (Wildman–Crippen MR) is 108 cm³/mol. The first-order valence-corrected chi connectivity index (χ1v) is 10.3. The van der Waals surface area contributed by atoms with Crippen molar-refractivity contribution in [3.63, 3.8) is 0 Å². The quantitative estimate of drug-likeness (QED) is 0.709. The van der Waals surface area contributed by atoms with Crippen molar-refractivity contribution in [2.45, 2.75) is 37.8 Å². The Kier molecular flexibility index (Phi) is 7.93. The molecule has 0 spiro atoms. The number of piperazine rings is 1. The maximum absolute atomic E-state index is 12.6. The van der Waals surface area contributed by atoms with Gasteiger partial charge in [0.2, 0.25) is 11.8 Å². The van der Waals surface area contributed by atoms with Crippen LogP contribution in [0.25, 0.3) is 0 Å². The highest BCUT2D eigenvalue weighted by atomic mass is 32.2. The molecule has 1 aliphatic rings. The molecular weight excluding hydrogens is 348 g/mol. The minimum absolute atomic E-state index is 0.0116. The molecule has 6 nitrogen and oxygen atoms in total. The molecule has 1 saturated heterocycles. The zero-order valence-electron chi connectivity index (χ0n) is 16.1. The van der Waals surface area contributed by atoms with Crippen molar-refractivity contribution in [1.29, 1.82) is 0 Å². The maximum atomic E-state index is 12.6. The van der Waals surface area contributed by atoms with Crippen molar-refractivity contribution < 1.29 is 9.59 Å². The van der Waals surface area contributed by atoms with E-state index in [1.165, 1.54) is 0 Å². The highest BCUT2D eigenvalue weighted by molar-refractivity contribution is 7.98. The molecule has 0 radical (unpaired) electrons. The topological polar surface area (TPSA) is 64.7 Å². The van der Waals surface area contributed by atoms with E-state index in [-0.39, 0.29) is 23.9 Å². The van der Waals surface area contributed by atoms with E-state index in [0.29, 0.717) is 6.54 Å². The average Bonchev–Trinajstić information content (AvgIpc) is 2.61. The number of rotatable bonds is 7. The van der Waals surface area contributed by atoms with Crippen LogP contribution in [0.4, 0.5) is 5.69 Å². The molecule has 1 heterocycles. The van der Waals surface area contributed by atoms with Crippen LogP contribution in [0.3, 0.4) is 0 Å². The first-order valence-electron chi connectivity index (χ1n) is 9.10. The van der Waals surface area contributed by atoms with Gasteiger partial charge in [0.25, 0.3) is 0 Å². The maximum Gasteiger partial charge on any atom is 0.241 e. The summed E-state index contributed by atoms with van der Waals surface area (Å²) in [6.45, 7) is 9.46. The Hall–Kier alpha value is -1.57. The van der Waals surface area contributed by atoms with Gasteiger partial charge in [-0.05, 0) is 39.2 Å². The van der Waals surface area contributed by atoms with E-state index in [4.69, 9.17) is 0 Å². The minimum Gasteiger partial charge on any atom is -0.353 e. The molecule has 0 saturated carbocycles. The minimum atomic E-state index is -0.198. The van der Waals surface area contributed by atoms with E-state index in [1.807, 2.05) is 51.3 Å². The summed E-state index contributed by atoms with van der Waals surface area (Å²) < 4.78 is 0. The van der Waals surface area contributed by atoms with Gasteiger partial charge >= 0.3 is 0 Å². The van der Waals surface area contributed by atoms with Gasteiger partial charge in [0.05, 0.1) is 18.3 Å². The largest absolute Gasteiger partial charge is 0.353 e. The first-order chi connectivity index (χ1) is 12.4. The number of carbonyl (C=O) groups is 2. The van der Waals surface area contributed by atoms with Crippen LogP contribution in [0.5, 0.6) is 0 Å². The molecule has 26 heavy (non-hydrogen) atoms. The SMILES string of the molecule is CSc1ccccc1NC(=O)[C@@H](C)N1CCN(CC(=O)NC(C)C)CC1. The third-order valence-electron chi connectivity index (χ3n) is 4.52. The fourth-order valence-electron chi connectivity index (χ4n) is 3.03. The highest BCUT2D eigenvalue weighted by Gasteiger charge is 2.26. The Balaban J connectivity index is 1.83. The van der Waals surface area contributed by atoms with E-state index in [0.717, 1.165) is 36.8 Å². The van der Waals surface area contributed by atoms with Gasteiger partial charge in [-0.3, -0.25) is 19.4 Å². The fourth-order valence-corrected chi connectivity index (χ4v) is 3.58.